The van der Waals surface area contributed by atoms with Crippen molar-refractivity contribution in [2.75, 3.05) is 0 Å². The highest BCUT2D eigenvalue weighted by molar-refractivity contribution is 5.91. The Kier molecular flexibility index (Phi) is 1.93. The van der Waals surface area contributed by atoms with Crippen LogP contribution in [0, 0.1) is 17.3 Å². The molecular formula is C18H18O2. The van der Waals surface area contributed by atoms with Crippen LogP contribution in [0.25, 0.3) is 0 Å². The Bertz CT molecular complexity index is 620. The van der Waals surface area contributed by atoms with E-state index in [1.54, 1.807) is 0 Å². The molecule has 2 heteroatoms. The maximum absolute atomic E-state index is 11.8. The van der Waals surface area contributed by atoms with Gasteiger partial charge in [-0.3, -0.25) is 4.79 Å². The first kappa shape index (κ1) is 11.3. The van der Waals surface area contributed by atoms with Crippen LogP contribution in [0.4, 0.5) is 0 Å². The highest BCUT2D eigenvalue weighted by Crippen LogP contribution is 2.71. The van der Waals surface area contributed by atoms with E-state index < -0.39 is 0 Å². The minimum Gasteiger partial charge on any atom is -0.366 e. The fourth-order valence-electron chi connectivity index (χ4n) is 5.49. The molecule has 1 aromatic rings. The maximum atomic E-state index is 11.8. The molecule has 3 aliphatic carbocycles. The van der Waals surface area contributed by atoms with Crippen molar-refractivity contribution in [1.29, 1.82) is 0 Å². The van der Waals surface area contributed by atoms with Crippen LogP contribution in [0.15, 0.2) is 42.5 Å². The van der Waals surface area contributed by atoms with Gasteiger partial charge in [0.1, 0.15) is 0 Å². The van der Waals surface area contributed by atoms with Crippen molar-refractivity contribution in [3.05, 3.63) is 48.0 Å². The van der Waals surface area contributed by atoms with Crippen molar-refractivity contribution in [2.24, 2.45) is 17.3 Å². The molecule has 20 heavy (non-hydrogen) atoms. The van der Waals surface area contributed by atoms with Gasteiger partial charge in [0.2, 0.25) is 0 Å². The van der Waals surface area contributed by atoms with Crippen LogP contribution in [0.5, 0.6) is 0 Å². The first-order valence-electron chi connectivity index (χ1n) is 7.67. The largest absolute Gasteiger partial charge is 0.366 e. The predicted octanol–water partition coefficient (Wildman–Crippen LogP) is 3.23. The lowest BCUT2D eigenvalue weighted by atomic mass is 9.62. The molecule has 1 spiro atoms. The molecule has 5 unspecified atom stereocenters. The van der Waals surface area contributed by atoms with Crippen molar-refractivity contribution >= 4 is 5.78 Å². The predicted molar refractivity (Wildman–Crippen MR) is 75.0 cm³/mol. The Morgan fingerprint density at radius 2 is 2.05 bits per heavy atom. The molecule has 4 bridgehead atoms. The average Bonchev–Trinajstić information content (AvgIpc) is 2.89. The summed E-state index contributed by atoms with van der Waals surface area (Å²) in [4.78, 5) is 11.8. The summed E-state index contributed by atoms with van der Waals surface area (Å²) < 4.78 is 6.55. The van der Waals surface area contributed by atoms with Crippen LogP contribution in [-0.4, -0.2) is 11.9 Å². The molecule has 2 saturated heterocycles. The van der Waals surface area contributed by atoms with Crippen molar-refractivity contribution in [1.82, 2.24) is 0 Å². The number of allylic oxidation sites excluding steroid dienone is 2. The summed E-state index contributed by atoms with van der Waals surface area (Å²) in [5.74, 6) is 1.34. The highest BCUT2D eigenvalue weighted by Gasteiger charge is 2.69. The van der Waals surface area contributed by atoms with Gasteiger partial charge in [-0.2, -0.15) is 0 Å². The van der Waals surface area contributed by atoms with Gasteiger partial charge in [-0.25, -0.2) is 0 Å². The number of ketones is 1. The molecule has 0 N–H and O–H groups in total. The third kappa shape index (κ3) is 1.17. The monoisotopic (exact) mass is 266 g/mol. The van der Waals surface area contributed by atoms with Crippen molar-refractivity contribution in [3.63, 3.8) is 0 Å². The van der Waals surface area contributed by atoms with Gasteiger partial charge < -0.3 is 4.74 Å². The second kappa shape index (κ2) is 3.43. The first-order chi connectivity index (χ1) is 9.72. The van der Waals surface area contributed by atoms with E-state index in [1.807, 2.05) is 6.08 Å². The zero-order valence-corrected chi connectivity index (χ0v) is 11.4. The van der Waals surface area contributed by atoms with Gasteiger partial charge in [0, 0.05) is 12.3 Å². The molecule has 6 rings (SSSR count). The minimum absolute atomic E-state index is 0.0762. The molecular weight excluding hydrogens is 248 g/mol. The molecule has 2 aliphatic heterocycles. The van der Waals surface area contributed by atoms with Crippen LogP contribution in [-0.2, 0) is 15.1 Å². The maximum Gasteiger partial charge on any atom is 0.155 e. The van der Waals surface area contributed by atoms with E-state index in [9.17, 15) is 4.79 Å². The molecule has 2 saturated carbocycles. The topological polar surface area (TPSA) is 26.3 Å². The molecule has 0 radical (unpaired) electrons. The molecule has 0 aromatic heterocycles. The van der Waals surface area contributed by atoms with Crippen molar-refractivity contribution < 1.29 is 9.53 Å². The zero-order valence-electron chi connectivity index (χ0n) is 11.4. The van der Waals surface area contributed by atoms with E-state index in [1.165, 1.54) is 12.0 Å². The number of carbonyl (C=O) groups is 1. The van der Waals surface area contributed by atoms with Crippen molar-refractivity contribution in [3.8, 4) is 0 Å². The van der Waals surface area contributed by atoms with E-state index in [2.05, 4.69) is 36.4 Å². The Hall–Kier alpha value is -1.41. The molecule has 2 nitrogen and oxygen atoms in total. The quantitative estimate of drug-likeness (QED) is 0.780. The summed E-state index contributed by atoms with van der Waals surface area (Å²) in [6.45, 7) is 0. The summed E-state index contributed by atoms with van der Waals surface area (Å²) in [6, 6.07) is 10.7. The van der Waals surface area contributed by atoms with Crippen LogP contribution in [0.1, 0.15) is 31.2 Å². The lowest BCUT2D eigenvalue weighted by Crippen LogP contribution is -2.46. The van der Waals surface area contributed by atoms with Crippen LogP contribution < -0.4 is 0 Å². The Morgan fingerprint density at radius 3 is 2.90 bits per heavy atom. The first-order valence-corrected chi connectivity index (χ1v) is 7.67. The molecule has 1 aromatic carbocycles. The second-order valence-electron chi connectivity index (χ2n) is 7.07. The summed E-state index contributed by atoms with van der Waals surface area (Å²) in [7, 11) is 0. The van der Waals surface area contributed by atoms with E-state index >= 15 is 0 Å². The Labute approximate surface area is 118 Å². The third-order valence-corrected chi connectivity index (χ3v) is 6.23. The van der Waals surface area contributed by atoms with Gasteiger partial charge >= 0.3 is 0 Å². The van der Waals surface area contributed by atoms with Gasteiger partial charge in [0.05, 0.1) is 11.7 Å². The summed E-state index contributed by atoms with van der Waals surface area (Å²) in [6.07, 6.45) is 8.46. The summed E-state index contributed by atoms with van der Waals surface area (Å²) >= 11 is 0. The lowest BCUT2D eigenvalue weighted by molar-refractivity contribution is -0.144. The fraction of sp³-hybridized carbons (Fsp3) is 0.500. The molecule has 4 fully saturated rings. The number of hydrogen-bond donors (Lipinski definition) is 0. The number of carbonyl (C=O) groups excluding carboxylic acids is 1. The average molecular weight is 266 g/mol. The second-order valence-corrected chi connectivity index (χ2v) is 7.07. The number of ether oxygens (including phenoxy) is 1. The Balaban J connectivity index is 1.65. The number of benzene rings is 1. The van der Waals surface area contributed by atoms with Crippen LogP contribution >= 0.6 is 0 Å². The highest BCUT2D eigenvalue weighted by atomic mass is 16.5. The molecule has 0 amide bonds. The Morgan fingerprint density at radius 1 is 1.20 bits per heavy atom. The fourth-order valence-corrected chi connectivity index (χ4v) is 5.49. The van der Waals surface area contributed by atoms with Crippen LogP contribution in [0.3, 0.4) is 0 Å². The number of hydrogen-bond acceptors (Lipinski definition) is 2. The van der Waals surface area contributed by atoms with Gasteiger partial charge in [0.15, 0.2) is 5.78 Å². The third-order valence-electron chi connectivity index (χ3n) is 6.23. The van der Waals surface area contributed by atoms with Crippen molar-refractivity contribution in [2.45, 2.75) is 37.4 Å². The lowest BCUT2D eigenvalue weighted by Gasteiger charge is -2.47. The van der Waals surface area contributed by atoms with Crippen LogP contribution in [0.2, 0.25) is 0 Å². The van der Waals surface area contributed by atoms with Gasteiger partial charge in [-0.1, -0.05) is 36.4 Å². The van der Waals surface area contributed by atoms with E-state index in [-0.39, 0.29) is 22.9 Å². The molecule has 102 valence electrons. The number of rotatable bonds is 1. The van der Waals surface area contributed by atoms with E-state index in [0.717, 1.165) is 12.8 Å². The van der Waals surface area contributed by atoms with Gasteiger partial charge in [-0.15, -0.1) is 0 Å². The zero-order chi connectivity index (χ0) is 13.4. The molecule has 5 aliphatic rings. The summed E-state index contributed by atoms with van der Waals surface area (Å²) in [5.41, 5.74) is 1.50. The molecule has 2 heterocycles. The minimum atomic E-state index is -0.0762. The SMILES string of the molecule is O=C1C=CC23CC4CC(OC4(c4ccccc4)C2)C3C1. The summed E-state index contributed by atoms with van der Waals surface area (Å²) in [5, 5.41) is 0. The standard InChI is InChI=1S/C18H18O2/c19-14-6-7-17-10-13-8-16(15(17)9-14)20-18(13,11-17)12-4-2-1-3-5-12/h1-7,13,15-16H,8-11H2. The molecule has 5 atom stereocenters. The normalized spacial score (nSPS) is 47.8. The van der Waals surface area contributed by atoms with Gasteiger partial charge in [-0.05, 0) is 42.2 Å². The van der Waals surface area contributed by atoms with E-state index in [4.69, 9.17) is 4.74 Å². The van der Waals surface area contributed by atoms with Gasteiger partial charge in [0.25, 0.3) is 0 Å². The van der Waals surface area contributed by atoms with E-state index in [0.29, 0.717) is 18.3 Å². The smallest absolute Gasteiger partial charge is 0.155 e.